The summed E-state index contributed by atoms with van der Waals surface area (Å²) in [5.41, 5.74) is 0. The lowest BCUT2D eigenvalue weighted by atomic mass is 10.3. The van der Waals surface area contributed by atoms with Crippen molar-refractivity contribution in [1.29, 1.82) is 0 Å². The Morgan fingerprint density at radius 3 is 2.33 bits per heavy atom. The second-order valence-corrected chi connectivity index (χ2v) is 3.70. The maximum atomic E-state index is 5.41. The fourth-order valence-corrected chi connectivity index (χ4v) is 0.589. The topological polar surface area (TPSA) is 9.23 Å². The standard InChI is InChI=1S/C7H15BrO/c1-4-5-9-7(3)6(2)8/h6-7H,4-5H2,1-3H3. The lowest BCUT2D eigenvalue weighted by Gasteiger charge is -2.13. The van der Waals surface area contributed by atoms with E-state index in [9.17, 15) is 0 Å². The van der Waals surface area contributed by atoms with E-state index in [0.717, 1.165) is 13.0 Å². The molecule has 0 aliphatic rings. The first kappa shape index (κ1) is 9.44. The van der Waals surface area contributed by atoms with E-state index in [0.29, 0.717) is 10.9 Å². The highest BCUT2D eigenvalue weighted by atomic mass is 79.9. The zero-order valence-electron chi connectivity index (χ0n) is 6.36. The van der Waals surface area contributed by atoms with Crippen molar-refractivity contribution in [3.8, 4) is 0 Å². The molecule has 2 heteroatoms. The quantitative estimate of drug-likeness (QED) is 0.626. The van der Waals surface area contributed by atoms with Crippen molar-refractivity contribution in [3.63, 3.8) is 0 Å². The van der Waals surface area contributed by atoms with Gasteiger partial charge in [0.15, 0.2) is 0 Å². The Hall–Kier alpha value is 0.440. The van der Waals surface area contributed by atoms with Gasteiger partial charge >= 0.3 is 0 Å². The van der Waals surface area contributed by atoms with Crippen molar-refractivity contribution in [3.05, 3.63) is 0 Å². The van der Waals surface area contributed by atoms with Crippen LogP contribution in [0, 0.1) is 0 Å². The van der Waals surface area contributed by atoms with Crippen LogP contribution in [-0.4, -0.2) is 17.5 Å². The Bertz CT molecular complexity index is 63.9. The van der Waals surface area contributed by atoms with Gasteiger partial charge in [-0.25, -0.2) is 0 Å². The lowest BCUT2D eigenvalue weighted by Crippen LogP contribution is -2.17. The predicted octanol–water partition coefficient (Wildman–Crippen LogP) is 2.58. The minimum atomic E-state index is 0.338. The monoisotopic (exact) mass is 194 g/mol. The second-order valence-electron chi connectivity index (χ2n) is 2.25. The summed E-state index contributed by atoms with van der Waals surface area (Å²) >= 11 is 3.44. The molecule has 0 N–H and O–H groups in total. The average Bonchev–Trinajstić information content (AvgIpc) is 1.82. The van der Waals surface area contributed by atoms with Crippen molar-refractivity contribution in [2.45, 2.75) is 38.1 Å². The highest BCUT2D eigenvalue weighted by Gasteiger charge is 2.06. The minimum Gasteiger partial charge on any atom is -0.377 e. The Balaban J connectivity index is 3.16. The first-order valence-electron chi connectivity index (χ1n) is 3.44. The molecule has 0 radical (unpaired) electrons. The molecule has 0 amide bonds. The van der Waals surface area contributed by atoms with E-state index in [1.54, 1.807) is 0 Å². The van der Waals surface area contributed by atoms with Gasteiger partial charge in [-0.2, -0.15) is 0 Å². The van der Waals surface area contributed by atoms with Crippen molar-refractivity contribution in [2.75, 3.05) is 6.61 Å². The van der Waals surface area contributed by atoms with E-state index in [1.165, 1.54) is 0 Å². The van der Waals surface area contributed by atoms with Crippen LogP contribution in [0.3, 0.4) is 0 Å². The van der Waals surface area contributed by atoms with E-state index in [4.69, 9.17) is 4.74 Å². The molecule has 0 aliphatic heterocycles. The molecule has 0 rings (SSSR count). The average molecular weight is 195 g/mol. The number of rotatable bonds is 4. The highest BCUT2D eigenvalue weighted by molar-refractivity contribution is 9.09. The number of ether oxygens (including phenoxy) is 1. The van der Waals surface area contributed by atoms with E-state index in [-0.39, 0.29) is 0 Å². The molecular formula is C7H15BrO. The van der Waals surface area contributed by atoms with Gasteiger partial charge in [0.05, 0.1) is 6.10 Å². The molecule has 0 saturated carbocycles. The van der Waals surface area contributed by atoms with Crippen LogP contribution in [0.1, 0.15) is 27.2 Å². The van der Waals surface area contributed by atoms with E-state index < -0.39 is 0 Å². The lowest BCUT2D eigenvalue weighted by molar-refractivity contribution is 0.0690. The fourth-order valence-electron chi connectivity index (χ4n) is 0.436. The number of alkyl halides is 1. The Morgan fingerprint density at radius 1 is 1.44 bits per heavy atom. The van der Waals surface area contributed by atoms with E-state index >= 15 is 0 Å². The van der Waals surface area contributed by atoms with Crippen LogP contribution in [0.2, 0.25) is 0 Å². The molecule has 0 bridgehead atoms. The van der Waals surface area contributed by atoms with Crippen LogP contribution >= 0.6 is 15.9 Å². The van der Waals surface area contributed by atoms with Gasteiger partial charge in [-0.3, -0.25) is 0 Å². The Morgan fingerprint density at radius 2 is 2.00 bits per heavy atom. The Kier molecular flexibility index (Phi) is 5.50. The number of hydrogen-bond acceptors (Lipinski definition) is 1. The molecule has 2 atom stereocenters. The molecule has 0 heterocycles. The minimum absolute atomic E-state index is 0.338. The van der Waals surface area contributed by atoms with Crippen LogP contribution in [-0.2, 0) is 4.74 Å². The molecule has 56 valence electrons. The van der Waals surface area contributed by atoms with Crippen LogP contribution in [0.25, 0.3) is 0 Å². The summed E-state index contributed by atoms with van der Waals surface area (Å²) in [5, 5.41) is 0. The third-order valence-corrected chi connectivity index (χ3v) is 1.98. The van der Waals surface area contributed by atoms with Crippen molar-refractivity contribution >= 4 is 15.9 Å². The van der Waals surface area contributed by atoms with Gasteiger partial charge in [-0.1, -0.05) is 29.8 Å². The molecular weight excluding hydrogens is 180 g/mol. The summed E-state index contributed by atoms with van der Waals surface area (Å²) in [6, 6.07) is 0. The molecule has 0 spiro atoms. The first-order chi connectivity index (χ1) is 4.18. The maximum Gasteiger partial charge on any atom is 0.0669 e. The van der Waals surface area contributed by atoms with Crippen LogP contribution < -0.4 is 0 Å². The molecule has 0 aromatic carbocycles. The van der Waals surface area contributed by atoms with Crippen molar-refractivity contribution in [1.82, 2.24) is 0 Å². The SMILES string of the molecule is CCCOC(C)C(C)Br. The van der Waals surface area contributed by atoms with Crippen LogP contribution in [0.15, 0.2) is 0 Å². The predicted molar refractivity (Wildman–Crippen MR) is 44.1 cm³/mol. The zero-order chi connectivity index (χ0) is 7.28. The van der Waals surface area contributed by atoms with Crippen LogP contribution in [0.5, 0.6) is 0 Å². The highest BCUT2D eigenvalue weighted by Crippen LogP contribution is 2.07. The van der Waals surface area contributed by atoms with Gasteiger partial charge in [0.1, 0.15) is 0 Å². The third kappa shape index (κ3) is 4.91. The van der Waals surface area contributed by atoms with Gasteiger partial charge < -0.3 is 4.74 Å². The molecule has 0 aromatic rings. The number of halogens is 1. The van der Waals surface area contributed by atoms with E-state index in [1.807, 2.05) is 0 Å². The number of hydrogen-bond donors (Lipinski definition) is 0. The molecule has 9 heavy (non-hydrogen) atoms. The summed E-state index contributed by atoms with van der Waals surface area (Å²) in [5.74, 6) is 0. The first-order valence-corrected chi connectivity index (χ1v) is 4.35. The summed E-state index contributed by atoms with van der Waals surface area (Å²) in [7, 11) is 0. The molecule has 2 unspecified atom stereocenters. The maximum absolute atomic E-state index is 5.41. The van der Waals surface area contributed by atoms with Crippen LogP contribution in [0.4, 0.5) is 0 Å². The smallest absolute Gasteiger partial charge is 0.0669 e. The molecule has 1 nitrogen and oxygen atoms in total. The van der Waals surface area contributed by atoms with Gasteiger partial charge in [-0.15, -0.1) is 0 Å². The molecule has 0 aromatic heterocycles. The summed E-state index contributed by atoms with van der Waals surface area (Å²) in [4.78, 5) is 0.462. The van der Waals surface area contributed by atoms with Crippen molar-refractivity contribution in [2.24, 2.45) is 0 Å². The summed E-state index contributed by atoms with van der Waals surface area (Å²) in [6.45, 7) is 7.16. The second kappa shape index (κ2) is 5.24. The van der Waals surface area contributed by atoms with Gasteiger partial charge in [0.25, 0.3) is 0 Å². The Labute approximate surface area is 65.9 Å². The third-order valence-electron chi connectivity index (χ3n) is 1.23. The summed E-state index contributed by atoms with van der Waals surface area (Å²) in [6.07, 6.45) is 1.44. The van der Waals surface area contributed by atoms with Crippen molar-refractivity contribution < 1.29 is 4.74 Å². The zero-order valence-corrected chi connectivity index (χ0v) is 7.94. The van der Waals surface area contributed by atoms with Gasteiger partial charge in [0, 0.05) is 11.4 Å². The molecule has 0 saturated heterocycles. The molecule has 0 fully saturated rings. The molecule has 0 aliphatic carbocycles. The normalized spacial score (nSPS) is 17.3. The summed E-state index contributed by atoms with van der Waals surface area (Å²) < 4.78 is 5.41. The largest absolute Gasteiger partial charge is 0.377 e. The van der Waals surface area contributed by atoms with E-state index in [2.05, 4.69) is 36.7 Å². The van der Waals surface area contributed by atoms with Gasteiger partial charge in [-0.05, 0) is 13.3 Å². The fraction of sp³-hybridized carbons (Fsp3) is 1.00. The van der Waals surface area contributed by atoms with Gasteiger partial charge in [0.2, 0.25) is 0 Å².